The fraction of sp³-hybridized carbons (Fsp3) is 0.400. The third-order valence-corrected chi connectivity index (χ3v) is 3.25. The van der Waals surface area contributed by atoms with Crippen molar-refractivity contribution in [1.82, 2.24) is 10.2 Å². The highest BCUT2D eigenvalue weighted by molar-refractivity contribution is 6.05. The van der Waals surface area contributed by atoms with E-state index in [0.29, 0.717) is 5.56 Å². The lowest BCUT2D eigenvalue weighted by Gasteiger charge is -2.25. The van der Waals surface area contributed by atoms with Crippen LogP contribution < -0.4 is 5.32 Å². The lowest BCUT2D eigenvalue weighted by Crippen LogP contribution is -2.53. The molecule has 106 valence electrons. The van der Waals surface area contributed by atoms with Gasteiger partial charge in [0.25, 0.3) is 5.91 Å². The second-order valence-corrected chi connectivity index (χ2v) is 4.93. The molecule has 20 heavy (non-hydrogen) atoms. The van der Waals surface area contributed by atoms with Gasteiger partial charge >= 0.3 is 0 Å². The van der Waals surface area contributed by atoms with Gasteiger partial charge in [-0.3, -0.25) is 19.7 Å². The maximum absolute atomic E-state index is 12.2. The second-order valence-electron chi connectivity index (χ2n) is 4.93. The Hall–Kier alpha value is -2.17. The Labute approximate surface area is 118 Å². The van der Waals surface area contributed by atoms with E-state index in [1.54, 1.807) is 12.1 Å². The summed E-state index contributed by atoms with van der Waals surface area (Å²) in [6.45, 7) is 2.00. The zero-order valence-corrected chi connectivity index (χ0v) is 11.5. The minimum Gasteiger partial charge on any atom is -0.320 e. The minimum absolute atomic E-state index is 0.0673. The summed E-state index contributed by atoms with van der Waals surface area (Å²) in [6.07, 6.45) is 3.25. The fourth-order valence-corrected chi connectivity index (χ4v) is 2.16. The Morgan fingerprint density at radius 2 is 1.75 bits per heavy atom. The van der Waals surface area contributed by atoms with Gasteiger partial charge in [0, 0.05) is 5.56 Å². The van der Waals surface area contributed by atoms with Crippen molar-refractivity contribution in [2.75, 3.05) is 13.1 Å². The smallest absolute Gasteiger partial charge is 0.254 e. The predicted octanol–water partition coefficient (Wildman–Crippen LogP) is 1.13. The molecule has 5 heteroatoms. The maximum atomic E-state index is 12.2. The summed E-state index contributed by atoms with van der Waals surface area (Å²) in [4.78, 5) is 36.0. The van der Waals surface area contributed by atoms with Gasteiger partial charge in [-0.1, -0.05) is 25.5 Å². The van der Waals surface area contributed by atoms with Crippen LogP contribution in [-0.4, -0.2) is 35.7 Å². The van der Waals surface area contributed by atoms with Gasteiger partial charge in [-0.25, -0.2) is 0 Å². The largest absolute Gasteiger partial charge is 0.320 e. The molecule has 3 amide bonds. The van der Waals surface area contributed by atoms with Gasteiger partial charge in [-0.2, -0.15) is 0 Å². The van der Waals surface area contributed by atoms with Gasteiger partial charge in [0.2, 0.25) is 11.8 Å². The van der Waals surface area contributed by atoms with E-state index < -0.39 is 11.8 Å². The molecular formula is C15H18N2O3. The standard InChI is InChI=1S/C15H18N2O3/c1-2-3-4-11-5-7-12(8-6-11)15(20)17-9-13(18)16-14(19)10-17/h5-8H,2-4,9-10H2,1H3,(H,16,18,19). The number of aryl methyl sites for hydroxylation is 1. The normalized spacial score (nSPS) is 15.2. The van der Waals surface area contributed by atoms with Crippen LogP contribution in [0.3, 0.4) is 0 Å². The Bertz CT molecular complexity index is 506. The fourth-order valence-electron chi connectivity index (χ4n) is 2.16. The van der Waals surface area contributed by atoms with E-state index >= 15 is 0 Å². The van der Waals surface area contributed by atoms with Crippen molar-refractivity contribution in [2.24, 2.45) is 0 Å². The number of carbonyl (C=O) groups excluding carboxylic acids is 3. The molecule has 0 saturated carbocycles. The molecular weight excluding hydrogens is 256 g/mol. The topological polar surface area (TPSA) is 66.5 Å². The van der Waals surface area contributed by atoms with Crippen molar-refractivity contribution in [3.05, 3.63) is 35.4 Å². The lowest BCUT2D eigenvalue weighted by molar-refractivity contribution is -0.135. The first kappa shape index (κ1) is 14.2. The second kappa shape index (κ2) is 6.32. The third kappa shape index (κ3) is 3.44. The van der Waals surface area contributed by atoms with E-state index in [2.05, 4.69) is 12.2 Å². The number of rotatable bonds is 4. The Morgan fingerprint density at radius 1 is 1.15 bits per heavy atom. The lowest BCUT2D eigenvalue weighted by atomic mass is 10.1. The number of hydrogen-bond acceptors (Lipinski definition) is 3. The number of imide groups is 1. The summed E-state index contributed by atoms with van der Waals surface area (Å²) in [6, 6.07) is 7.36. The summed E-state index contributed by atoms with van der Waals surface area (Å²) in [7, 11) is 0. The van der Waals surface area contributed by atoms with Gasteiger partial charge in [0.15, 0.2) is 0 Å². The number of carbonyl (C=O) groups is 3. The van der Waals surface area contributed by atoms with Crippen molar-refractivity contribution < 1.29 is 14.4 Å². The van der Waals surface area contributed by atoms with Crippen molar-refractivity contribution in [1.29, 1.82) is 0 Å². The van der Waals surface area contributed by atoms with E-state index in [4.69, 9.17) is 0 Å². The number of nitrogens with one attached hydrogen (secondary N) is 1. The molecule has 0 radical (unpaired) electrons. The molecule has 1 aliphatic rings. The number of nitrogens with zero attached hydrogens (tertiary/aromatic N) is 1. The quantitative estimate of drug-likeness (QED) is 0.837. The zero-order valence-electron chi connectivity index (χ0n) is 11.5. The number of benzene rings is 1. The Morgan fingerprint density at radius 3 is 2.30 bits per heavy atom. The van der Waals surface area contributed by atoms with Crippen LogP contribution in [0.2, 0.25) is 0 Å². The summed E-state index contributed by atoms with van der Waals surface area (Å²) >= 11 is 0. The van der Waals surface area contributed by atoms with Crippen molar-refractivity contribution in [3.63, 3.8) is 0 Å². The molecule has 1 fully saturated rings. The van der Waals surface area contributed by atoms with Crippen LogP contribution in [0.15, 0.2) is 24.3 Å². The van der Waals surface area contributed by atoms with Crippen LogP contribution in [0.25, 0.3) is 0 Å². The molecule has 0 unspecified atom stereocenters. The molecule has 0 atom stereocenters. The molecule has 2 rings (SSSR count). The van der Waals surface area contributed by atoms with Crippen molar-refractivity contribution in [2.45, 2.75) is 26.2 Å². The first-order valence-electron chi connectivity index (χ1n) is 6.81. The molecule has 1 aromatic carbocycles. The zero-order chi connectivity index (χ0) is 14.5. The molecule has 0 aromatic heterocycles. The first-order valence-corrected chi connectivity index (χ1v) is 6.81. The third-order valence-electron chi connectivity index (χ3n) is 3.25. The summed E-state index contributed by atoms with van der Waals surface area (Å²) in [5.74, 6) is -1.15. The maximum Gasteiger partial charge on any atom is 0.254 e. The molecule has 0 spiro atoms. The summed E-state index contributed by atoms with van der Waals surface area (Å²) < 4.78 is 0. The highest BCUT2D eigenvalue weighted by Gasteiger charge is 2.26. The average Bonchev–Trinajstić information content (AvgIpc) is 2.44. The Kier molecular flexibility index (Phi) is 4.50. The predicted molar refractivity (Wildman–Crippen MR) is 74.1 cm³/mol. The summed E-state index contributed by atoms with van der Waals surface area (Å²) in [5.41, 5.74) is 1.70. The van der Waals surface area contributed by atoms with Crippen LogP contribution in [0.4, 0.5) is 0 Å². The van der Waals surface area contributed by atoms with E-state index in [9.17, 15) is 14.4 Å². The monoisotopic (exact) mass is 274 g/mol. The van der Waals surface area contributed by atoms with E-state index in [1.807, 2.05) is 12.1 Å². The van der Waals surface area contributed by atoms with E-state index in [0.717, 1.165) is 19.3 Å². The van der Waals surface area contributed by atoms with Crippen molar-refractivity contribution in [3.8, 4) is 0 Å². The Balaban J connectivity index is 2.05. The van der Waals surface area contributed by atoms with Crippen LogP contribution in [-0.2, 0) is 16.0 Å². The molecule has 1 aliphatic heterocycles. The molecule has 1 N–H and O–H groups in total. The first-order chi connectivity index (χ1) is 9.60. The number of unbranched alkanes of at least 4 members (excludes halogenated alkanes) is 1. The van der Waals surface area contributed by atoms with Crippen LogP contribution in [0.1, 0.15) is 35.7 Å². The van der Waals surface area contributed by atoms with Gasteiger partial charge < -0.3 is 4.90 Å². The molecule has 0 bridgehead atoms. The summed E-state index contributed by atoms with van der Waals surface area (Å²) in [5, 5.41) is 2.18. The highest BCUT2D eigenvalue weighted by atomic mass is 16.2. The number of piperazine rings is 1. The van der Waals surface area contributed by atoms with E-state index in [-0.39, 0.29) is 19.0 Å². The molecule has 1 aromatic rings. The molecule has 1 saturated heterocycles. The van der Waals surface area contributed by atoms with Gasteiger partial charge in [-0.05, 0) is 30.5 Å². The average molecular weight is 274 g/mol. The van der Waals surface area contributed by atoms with Gasteiger partial charge in [0.1, 0.15) is 13.1 Å². The molecule has 5 nitrogen and oxygen atoms in total. The highest BCUT2D eigenvalue weighted by Crippen LogP contribution is 2.11. The number of hydrogen-bond donors (Lipinski definition) is 1. The van der Waals surface area contributed by atoms with Crippen LogP contribution in [0.5, 0.6) is 0 Å². The van der Waals surface area contributed by atoms with Gasteiger partial charge in [-0.15, -0.1) is 0 Å². The van der Waals surface area contributed by atoms with E-state index in [1.165, 1.54) is 10.5 Å². The minimum atomic E-state index is -0.436. The SMILES string of the molecule is CCCCc1ccc(C(=O)N2CC(=O)NC(=O)C2)cc1. The number of amides is 3. The molecule has 0 aliphatic carbocycles. The van der Waals surface area contributed by atoms with Crippen LogP contribution in [0, 0.1) is 0 Å². The van der Waals surface area contributed by atoms with Gasteiger partial charge in [0.05, 0.1) is 0 Å². The molecule has 1 heterocycles. The van der Waals surface area contributed by atoms with Crippen molar-refractivity contribution >= 4 is 17.7 Å². The van der Waals surface area contributed by atoms with Crippen LogP contribution >= 0.6 is 0 Å².